The molecule has 3 heterocycles. The summed E-state index contributed by atoms with van der Waals surface area (Å²) in [6, 6.07) is 6.80. The van der Waals surface area contributed by atoms with Crippen molar-refractivity contribution < 1.29 is 14.7 Å². The van der Waals surface area contributed by atoms with Crippen molar-refractivity contribution in [1.29, 1.82) is 0 Å². The molecule has 2 N–H and O–H groups in total. The van der Waals surface area contributed by atoms with Crippen LogP contribution in [-0.4, -0.2) is 88.2 Å². The minimum atomic E-state index is -0.487. The van der Waals surface area contributed by atoms with E-state index < -0.39 is 5.60 Å². The number of anilines is 1. The molecule has 2 unspecified atom stereocenters. The lowest BCUT2D eigenvalue weighted by Crippen LogP contribution is -2.61. The number of nitrogens with zero attached hydrogens (tertiary/aromatic N) is 4. The second kappa shape index (κ2) is 9.28. The molecule has 2 amide bonds. The number of pyridine rings is 1. The van der Waals surface area contributed by atoms with E-state index in [0.717, 1.165) is 83.5 Å². The fourth-order valence-corrected chi connectivity index (χ4v) is 8.36. The third-order valence-corrected chi connectivity index (χ3v) is 9.89. The zero-order chi connectivity index (χ0) is 25.0. The molecule has 8 heteroatoms. The van der Waals surface area contributed by atoms with Crippen LogP contribution < -0.4 is 10.2 Å². The van der Waals surface area contributed by atoms with Gasteiger partial charge in [-0.05, 0) is 81.8 Å². The highest BCUT2D eigenvalue weighted by molar-refractivity contribution is 5.93. The van der Waals surface area contributed by atoms with Gasteiger partial charge in [0.2, 0.25) is 5.91 Å². The maximum atomic E-state index is 13.3. The molecule has 2 aliphatic heterocycles. The van der Waals surface area contributed by atoms with Crippen molar-refractivity contribution in [3.63, 3.8) is 0 Å². The number of likely N-dealkylation sites (tertiary alicyclic amines) is 1. The van der Waals surface area contributed by atoms with Crippen molar-refractivity contribution >= 4 is 17.6 Å². The van der Waals surface area contributed by atoms with Gasteiger partial charge in [0, 0.05) is 57.8 Å². The quantitative estimate of drug-likeness (QED) is 0.666. The summed E-state index contributed by atoms with van der Waals surface area (Å²) in [4.78, 5) is 36.6. The van der Waals surface area contributed by atoms with Crippen LogP contribution in [0.1, 0.15) is 69.3 Å². The van der Waals surface area contributed by atoms with Crippen LogP contribution in [0.15, 0.2) is 18.2 Å². The van der Waals surface area contributed by atoms with Gasteiger partial charge in [-0.25, -0.2) is 4.98 Å². The number of hydrogen-bond acceptors (Lipinski definition) is 6. The van der Waals surface area contributed by atoms with E-state index in [2.05, 4.69) is 22.0 Å². The molecule has 0 radical (unpaired) electrons. The molecule has 2 saturated heterocycles. The van der Waals surface area contributed by atoms with Crippen LogP contribution >= 0.6 is 0 Å². The van der Waals surface area contributed by atoms with Gasteiger partial charge in [-0.1, -0.05) is 6.07 Å². The van der Waals surface area contributed by atoms with Crippen molar-refractivity contribution in [1.82, 2.24) is 20.1 Å². The summed E-state index contributed by atoms with van der Waals surface area (Å²) >= 11 is 0. The van der Waals surface area contributed by atoms with Crippen LogP contribution in [0.3, 0.4) is 0 Å². The van der Waals surface area contributed by atoms with Crippen molar-refractivity contribution in [3.8, 4) is 0 Å². The zero-order valence-electron chi connectivity index (χ0n) is 21.7. The summed E-state index contributed by atoms with van der Waals surface area (Å²) in [5.74, 6) is 2.39. The largest absolute Gasteiger partial charge is 0.390 e. The fraction of sp³-hybridized carbons (Fsp3) is 0.750. The van der Waals surface area contributed by atoms with Gasteiger partial charge < -0.3 is 20.2 Å². The topological polar surface area (TPSA) is 89.0 Å². The van der Waals surface area contributed by atoms with Gasteiger partial charge in [0.1, 0.15) is 11.5 Å². The SMILES string of the molecule is CC(=O)N1CCC(N2CCN(c3cccc(C(=O)NC4C5CC6CC4CC(O)(C6)C5)n3)[C@H](C)C2)CC1. The predicted molar refractivity (Wildman–Crippen MR) is 138 cm³/mol. The maximum absolute atomic E-state index is 13.3. The molecular weight excluding hydrogens is 454 g/mol. The number of carbonyl (C=O) groups is 2. The smallest absolute Gasteiger partial charge is 0.270 e. The van der Waals surface area contributed by atoms with Gasteiger partial charge in [-0.3, -0.25) is 14.5 Å². The Morgan fingerprint density at radius 3 is 2.42 bits per heavy atom. The molecule has 1 aromatic heterocycles. The third-order valence-electron chi connectivity index (χ3n) is 9.89. The van der Waals surface area contributed by atoms with Crippen LogP contribution in [0.5, 0.6) is 0 Å². The molecular formula is C28H41N5O3. The molecule has 36 heavy (non-hydrogen) atoms. The van der Waals surface area contributed by atoms with E-state index in [-0.39, 0.29) is 17.9 Å². The van der Waals surface area contributed by atoms with Crippen molar-refractivity contribution in [3.05, 3.63) is 23.9 Å². The Morgan fingerprint density at radius 2 is 1.78 bits per heavy atom. The van der Waals surface area contributed by atoms with Crippen LogP contribution in [0.25, 0.3) is 0 Å². The van der Waals surface area contributed by atoms with Crippen LogP contribution in [0, 0.1) is 17.8 Å². The number of carbonyl (C=O) groups excluding carboxylic acids is 2. The molecule has 0 aromatic carbocycles. The fourth-order valence-electron chi connectivity index (χ4n) is 8.36. The lowest BCUT2D eigenvalue weighted by atomic mass is 9.52. The first-order valence-electron chi connectivity index (χ1n) is 14.0. The molecule has 4 aliphatic carbocycles. The highest BCUT2D eigenvalue weighted by Gasteiger charge is 2.55. The standard InChI is InChI=1S/C28H41N5O3/c1-18-17-32(23-6-8-31(9-7-23)19(2)34)10-11-33(18)25-5-3-4-24(29-25)27(35)30-26-21-12-20-13-22(26)16-28(36,14-20)15-21/h3-5,18,20-23,26,36H,6-17H2,1-2H3,(H,30,35)/t18-,20?,21?,22?,26?,28?/m1/s1. The molecule has 4 saturated carbocycles. The first-order chi connectivity index (χ1) is 17.3. The van der Waals surface area contributed by atoms with Crippen molar-refractivity contribution in [2.24, 2.45) is 17.8 Å². The molecule has 0 spiro atoms. The number of rotatable bonds is 4. The highest BCUT2D eigenvalue weighted by atomic mass is 16.3. The predicted octanol–water partition coefficient (Wildman–Crippen LogP) is 2.27. The van der Waals surface area contributed by atoms with Gasteiger partial charge in [0.25, 0.3) is 5.91 Å². The summed E-state index contributed by atoms with van der Waals surface area (Å²) in [7, 11) is 0. The van der Waals surface area contributed by atoms with Crippen LogP contribution in [0.4, 0.5) is 5.82 Å². The Hall–Kier alpha value is -2.19. The van der Waals surface area contributed by atoms with E-state index in [0.29, 0.717) is 35.5 Å². The van der Waals surface area contributed by atoms with E-state index in [4.69, 9.17) is 4.98 Å². The second-order valence-electron chi connectivity index (χ2n) is 12.3. The first-order valence-corrected chi connectivity index (χ1v) is 14.0. The van der Waals surface area contributed by atoms with Gasteiger partial charge in [0.05, 0.1) is 5.60 Å². The third kappa shape index (κ3) is 4.51. The summed E-state index contributed by atoms with van der Waals surface area (Å²) in [6.07, 6.45) is 6.96. The molecule has 196 valence electrons. The van der Waals surface area contributed by atoms with Crippen molar-refractivity contribution in [2.45, 2.75) is 82.5 Å². The number of nitrogens with one attached hydrogen (secondary N) is 1. The maximum Gasteiger partial charge on any atom is 0.270 e. The summed E-state index contributed by atoms with van der Waals surface area (Å²) in [5, 5.41) is 14.2. The van der Waals surface area contributed by atoms with Crippen LogP contribution in [0.2, 0.25) is 0 Å². The summed E-state index contributed by atoms with van der Waals surface area (Å²) in [6.45, 7) is 8.45. The summed E-state index contributed by atoms with van der Waals surface area (Å²) < 4.78 is 0. The monoisotopic (exact) mass is 495 g/mol. The molecule has 3 atom stereocenters. The Bertz CT molecular complexity index is 993. The first kappa shape index (κ1) is 24.2. The number of aromatic nitrogens is 1. The molecule has 7 rings (SSSR count). The number of hydrogen-bond donors (Lipinski definition) is 2. The lowest BCUT2D eigenvalue weighted by Gasteiger charge is -2.58. The van der Waals surface area contributed by atoms with Gasteiger partial charge in [-0.2, -0.15) is 0 Å². The highest BCUT2D eigenvalue weighted by Crippen LogP contribution is 2.55. The number of piperidine rings is 1. The zero-order valence-corrected chi connectivity index (χ0v) is 21.7. The average Bonchev–Trinajstić information content (AvgIpc) is 2.85. The van der Waals surface area contributed by atoms with Gasteiger partial charge in [-0.15, -0.1) is 0 Å². The molecule has 8 nitrogen and oxygen atoms in total. The molecule has 1 aromatic rings. The van der Waals surface area contributed by atoms with E-state index in [1.165, 1.54) is 0 Å². The average molecular weight is 496 g/mol. The minimum absolute atomic E-state index is 0.0789. The molecule has 6 aliphatic rings. The second-order valence-corrected chi connectivity index (χ2v) is 12.3. The Morgan fingerprint density at radius 1 is 1.06 bits per heavy atom. The number of aliphatic hydroxyl groups is 1. The number of piperazine rings is 1. The van der Waals surface area contributed by atoms with E-state index in [1.54, 1.807) is 6.92 Å². The minimum Gasteiger partial charge on any atom is -0.390 e. The van der Waals surface area contributed by atoms with E-state index >= 15 is 0 Å². The Kier molecular flexibility index (Phi) is 6.23. The van der Waals surface area contributed by atoms with Gasteiger partial charge >= 0.3 is 0 Å². The van der Waals surface area contributed by atoms with Gasteiger partial charge in [0.15, 0.2) is 0 Å². The van der Waals surface area contributed by atoms with Crippen LogP contribution in [-0.2, 0) is 4.79 Å². The summed E-state index contributed by atoms with van der Waals surface area (Å²) in [5.41, 5.74) is 0.00441. The van der Waals surface area contributed by atoms with Crippen molar-refractivity contribution in [2.75, 3.05) is 37.6 Å². The van der Waals surface area contributed by atoms with E-state index in [9.17, 15) is 14.7 Å². The molecule has 6 fully saturated rings. The molecule has 4 bridgehead atoms. The Labute approximate surface area is 214 Å². The lowest BCUT2D eigenvalue weighted by molar-refractivity contribution is -0.137. The Balaban J connectivity index is 1.07. The number of amides is 2. The van der Waals surface area contributed by atoms with E-state index in [1.807, 2.05) is 23.1 Å². The normalized spacial score (nSPS) is 36.8.